The quantitative estimate of drug-likeness (QED) is 0.814. The Bertz CT molecular complexity index is 773. The summed E-state index contributed by atoms with van der Waals surface area (Å²) in [6, 6.07) is 19.1. The van der Waals surface area contributed by atoms with Gasteiger partial charge in [-0.05, 0) is 48.3 Å². The van der Waals surface area contributed by atoms with Gasteiger partial charge in [-0.15, -0.1) is 0 Å². The second kappa shape index (κ2) is 7.24. The van der Waals surface area contributed by atoms with Gasteiger partial charge in [-0.3, -0.25) is 4.79 Å². The zero-order valence-corrected chi connectivity index (χ0v) is 15.6. The van der Waals surface area contributed by atoms with Crippen LogP contribution in [0.2, 0.25) is 0 Å². The van der Waals surface area contributed by atoms with Crippen LogP contribution in [0, 0.1) is 0 Å². The van der Waals surface area contributed by atoms with Crippen LogP contribution in [0.5, 0.6) is 0 Å². The first kappa shape index (κ1) is 17.3. The molecule has 0 saturated carbocycles. The van der Waals surface area contributed by atoms with Gasteiger partial charge in [0.05, 0.1) is 12.6 Å². The number of hydrogen-bond acceptors (Lipinski definition) is 2. The number of fused-ring (bicyclic) bond motifs is 1. The maximum absolute atomic E-state index is 13.2. The molecular formula is C23H27NO2. The number of benzene rings is 2. The Morgan fingerprint density at radius 1 is 1.04 bits per heavy atom. The van der Waals surface area contributed by atoms with Crippen molar-refractivity contribution in [3.05, 3.63) is 71.3 Å². The highest BCUT2D eigenvalue weighted by molar-refractivity contribution is 5.78. The van der Waals surface area contributed by atoms with E-state index in [0.717, 1.165) is 12.8 Å². The fraction of sp³-hybridized carbons (Fsp3) is 0.435. The topological polar surface area (TPSA) is 29.5 Å². The molecular weight excluding hydrogens is 322 g/mol. The molecule has 0 bridgehead atoms. The molecule has 2 aromatic carbocycles. The maximum Gasteiger partial charge on any atom is 0.225 e. The maximum atomic E-state index is 13.2. The Balaban J connectivity index is 1.48. The highest BCUT2D eigenvalue weighted by Crippen LogP contribution is 2.43. The Kier molecular flexibility index (Phi) is 4.82. The van der Waals surface area contributed by atoms with E-state index in [1.54, 1.807) is 0 Å². The Labute approximate surface area is 156 Å². The van der Waals surface area contributed by atoms with Crippen LogP contribution in [-0.4, -0.2) is 29.7 Å². The molecule has 2 aliphatic rings. The predicted octanol–water partition coefficient (Wildman–Crippen LogP) is 4.48. The molecule has 1 aliphatic carbocycles. The standard InChI is InChI=1S/C23H27NO2/c1-16-12-19(22-11-7-6-10-21(16)22)14-23(25)24-17(2)26-15-20(24)13-18-8-4-3-5-9-18/h3-11,16-17,19-20H,12-15H2,1-2H3/t16-,17?,19+,20-/m0/s1. The normalized spacial score (nSPS) is 27.5. The Morgan fingerprint density at radius 3 is 2.50 bits per heavy atom. The van der Waals surface area contributed by atoms with E-state index in [9.17, 15) is 4.79 Å². The minimum atomic E-state index is -0.134. The van der Waals surface area contributed by atoms with Crippen LogP contribution in [0.4, 0.5) is 0 Å². The third-order valence-corrected chi connectivity index (χ3v) is 5.94. The van der Waals surface area contributed by atoms with Gasteiger partial charge >= 0.3 is 0 Å². The lowest BCUT2D eigenvalue weighted by Gasteiger charge is -2.28. The summed E-state index contributed by atoms with van der Waals surface area (Å²) in [5.41, 5.74) is 4.03. The summed E-state index contributed by atoms with van der Waals surface area (Å²) in [5, 5.41) is 0. The van der Waals surface area contributed by atoms with Crippen molar-refractivity contribution in [1.82, 2.24) is 4.90 Å². The van der Waals surface area contributed by atoms with Crippen LogP contribution in [0.15, 0.2) is 54.6 Å². The number of carbonyl (C=O) groups is 1. The van der Waals surface area contributed by atoms with Crippen LogP contribution in [0.3, 0.4) is 0 Å². The van der Waals surface area contributed by atoms with E-state index in [0.29, 0.717) is 24.9 Å². The molecule has 1 fully saturated rings. The number of ether oxygens (including phenoxy) is 1. The van der Waals surface area contributed by atoms with E-state index >= 15 is 0 Å². The molecule has 0 N–H and O–H groups in total. The molecule has 1 amide bonds. The molecule has 4 atom stereocenters. The van der Waals surface area contributed by atoms with Gasteiger partial charge in [0, 0.05) is 6.42 Å². The Hall–Kier alpha value is -2.13. The van der Waals surface area contributed by atoms with Crippen LogP contribution < -0.4 is 0 Å². The van der Waals surface area contributed by atoms with Crippen molar-refractivity contribution >= 4 is 5.91 Å². The Morgan fingerprint density at radius 2 is 1.73 bits per heavy atom. The third kappa shape index (κ3) is 3.28. The molecule has 0 aromatic heterocycles. The van der Waals surface area contributed by atoms with Crippen molar-refractivity contribution in [3.63, 3.8) is 0 Å². The van der Waals surface area contributed by atoms with E-state index < -0.39 is 0 Å². The second-order valence-corrected chi connectivity index (χ2v) is 7.74. The third-order valence-electron chi connectivity index (χ3n) is 5.94. The van der Waals surface area contributed by atoms with Gasteiger partial charge in [0.15, 0.2) is 0 Å². The van der Waals surface area contributed by atoms with Crippen LogP contribution >= 0.6 is 0 Å². The van der Waals surface area contributed by atoms with Crippen molar-refractivity contribution in [2.24, 2.45) is 0 Å². The van der Waals surface area contributed by atoms with Gasteiger partial charge in [0.2, 0.25) is 5.91 Å². The molecule has 3 nitrogen and oxygen atoms in total. The summed E-state index contributed by atoms with van der Waals surface area (Å²) in [5.74, 6) is 1.10. The van der Waals surface area contributed by atoms with Crippen LogP contribution in [0.25, 0.3) is 0 Å². The van der Waals surface area contributed by atoms with Crippen LogP contribution in [-0.2, 0) is 16.0 Å². The highest BCUT2D eigenvalue weighted by Gasteiger charge is 2.37. The van der Waals surface area contributed by atoms with Crippen LogP contribution in [0.1, 0.15) is 55.2 Å². The van der Waals surface area contributed by atoms with E-state index in [4.69, 9.17) is 4.74 Å². The number of amides is 1. The van der Waals surface area contributed by atoms with Gasteiger partial charge in [-0.2, -0.15) is 0 Å². The van der Waals surface area contributed by atoms with Gasteiger partial charge in [0.1, 0.15) is 6.23 Å². The van der Waals surface area contributed by atoms with Crippen molar-refractivity contribution in [2.45, 2.75) is 57.2 Å². The largest absolute Gasteiger partial charge is 0.356 e. The monoisotopic (exact) mass is 349 g/mol. The van der Waals surface area contributed by atoms with Crippen molar-refractivity contribution in [3.8, 4) is 0 Å². The van der Waals surface area contributed by atoms with E-state index in [2.05, 4.69) is 55.5 Å². The lowest BCUT2D eigenvalue weighted by molar-refractivity contribution is -0.137. The number of rotatable bonds is 4. The molecule has 4 rings (SSSR count). The van der Waals surface area contributed by atoms with E-state index in [-0.39, 0.29) is 18.2 Å². The van der Waals surface area contributed by atoms with E-state index in [1.807, 2.05) is 17.9 Å². The molecule has 0 spiro atoms. The van der Waals surface area contributed by atoms with Gasteiger partial charge in [-0.25, -0.2) is 0 Å². The number of carbonyl (C=O) groups excluding carboxylic acids is 1. The first-order valence-corrected chi connectivity index (χ1v) is 9.69. The smallest absolute Gasteiger partial charge is 0.225 e. The average molecular weight is 349 g/mol. The molecule has 1 aliphatic heterocycles. The first-order valence-electron chi connectivity index (χ1n) is 9.69. The van der Waals surface area contributed by atoms with Gasteiger partial charge in [-0.1, -0.05) is 61.5 Å². The van der Waals surface area contributed by atoms with Gasteiger partial charge < -0.3 is 9.64 Å². The molecule has 1 heterocycles. The minimum Gasteiger partial charge on any atom is -0.356 e. The predicted molar refractivity (Wildman–Crippen MR) is 103 cm³/mol. The summed E-state index contributed by atoms with van der Waals surface area (Å²) < 4.78 is 5.83. The van der Waals surface area contributed by atoms with Crippen molar-refractivity contribution in [1.29, 1.82) is 0 Å². The summed E-state index contributed by atoms with van der Waals surface area (Å²) >= 11 is 0. The zero-order valence-electron chi connectivity index (χ0n) is 15.6. The molecule has 136 valence electrons. The summed E-state index contributed by atoms with van der Waals surface area (Å²) in [7, 11) is 0. The number of hydrogen-bond donors (Lipinski definition) is 0. The lowest BCUT2D eigenvalue weighted by Crippen LogP contribution is -2.42. The van der Waals surface area contributed by atoms with E-state index in [1.165, 1.54) is 16.7 Å². The summed E-state index contributed by atoms with van der Waals surface area (Å²) in [4.78, 5) is 15.2. The average Bonchev–Trinajstić information content (AvgIpc) is 3.16. The first-order chi connectivity index (χ1) is 12.6. The molecule has 3 heteroatoms. The summed E-state index contributed by atoms with van der Waals surface area (Å²) in [6.45, 7) is 4.89. The van der Waals surface area contributed by atoms with Crippen molar-refractivity contribution in [2.75, 3.05) is 6.61 Å². The molecule has 2 aromatic rings. The highest BCUT2D eigenvalue weighted by atomic mass is 16.5. The lowest BCUT2D eigenvalue weighted by atomic mass is 9.96. The molecule has 1 saturated heterocycles. The fourth-order valence-electron chi connectivity index (χ4n) is 4.68. The molecule has 26 heavy (non-hydrogen) atoms. The van der Waals surface area contributed by atoms with Gasteiger partial charge in [0.25, 0.3) is 0 Å². The summed E-state index contributed by atoms with van der Waals surface area (Å²) in [6.07, 6.45) is 2.37. The zero-order chi connectivity index (χ0) is 18.1. The number of nitrogens with zero attached hydrogens (tertiary/aromatic N) is 1. The SMILES string of the molecule is CC1OC[C@H](Cc2ccccc2)N1C(=O)C[C@H]1C[C@H](C)c2ccccc21. The molecule has 0 radical (unpaired) electrons. The van der Waals surface area contributed by atoms with Crippen molar-refractivity contribution < 1.29 is 9.53 Å². The molecule has 1 unspecified atom stereocenters. The second-order valence-electron chi connectivity index (χ2n) is 7.74. The minimum absolute atomic E-state index is 0.133. The fourth-order valence-corrected chi connectivity index (χ4v) is 4.68.